The first-order chi connectivity index (χ1) is 11.2. The number of rotatable bonds is 6. The normalized spacial score (nSPS) is 23.9. The van der Waals surface area contributed by atoms with Crippen molar-refractivity contribution in [1.29, 1.82) is 0 Å². The second-order valence-electron chi connectivity index (χ2n) is 8.17. The van der Waals surface area contributed by atoms with Gasteiger partial charge in [-0.1, -0.05) is 69.6 Å². The van der Waals surface area contributed by atoms with Gasteiger partial charge in [-0.25, -0.2) is 0 Å². The Labute approximate surface area is 156 Å². The van der Waals surface area contributed by atoms with Crippen LogP contribution in [0.2, 0.25) is 21.7 Å². The number of hydrogen-bond donors (Lipinski definition) is 0. The molecule has 0 saturated heterocycles. The molecule has 24 heavy (non-hydrogen) atoms. The maximum atomic E-state index is 13.1. The van der Waals surface area contributed by atoms with Crippen LogP contribution in [0.1, 0.15) is 59.4 Å². The van der Waals surface area contributed by atoms with E-state index in [4.69, 9.17) is 4.74 Å². The summed E-state index contributed by atoms with van der Waals surface area (Å²) in [4.78, 5) is 13.1. The highest BCUT2D eigenvalue weighted by Gasteiger charge is 2.75. The monoisotopic (exact) mass is 410 g/mol. The van der Waals surface area contributed by atoms with Crippen LogP contribution in [0.15, 0.2) is 28.7 Å². The minimum absolute atomic E-state index is 0.0261. The van der Waals surface area contributed by atoms with Gasteiger partial charge in [0.15, 0.2) is 0 Å². The molecule has 1 aliphatic rings. The van der Waals surface area contributed by atoms with Gasteiger partial charge < -0.3 is 4.74 Å². The number of carbonyl (C=O) groups excluding carboxylic acids is 1. The lowest BCUT2D eigenvalue weighted by Gasteiger charge is -2.49. The molecule has 1 fully saturated rings. The number of ether oxygens (including phenoxy) is 1. The number of halogens is 1. The number of carbonyl (C=O) groups is 1. The van der Waals surface area contributed by atoms with Crippen molar-refractivity contribution in [3.05, 3.63) is 34.3 Å². The third-order valence-electron chi connectivity index (χ3n) is 6.42. The molecular formula is C20H31BrO2Si. The molecule has 1 aromatic carbocycles. The summed E-state index contributed by atoms with van der Waals surface area (Å²) in [5.74, 6) is 0.329. The maximum Gasteiger partial charge on any atom is 0.309 e. The van der Waals surface area contributed by atoms with Crippen molar-refractivity contribution in [1.82, 2.24) is 0 Å². The van der Waals surface area contributed by atoms with E-state index >= 15 is 0 Å². The topological polar surface area (TPSA) is 26.3 Å². The SMILES string of the molecule is COC(=O)[C@]1([Si](C(C)C)(C(C)C)C(C)C)C[C@@H]1c1ccc(Br)cc1. The smallest absolute Gasteiger partial charge is 0.309 e. The van der Waals surface area contributed by atoms with Crippen LogP contribution < -0.4 is 0 Å². The number of methoxy groups -OCH3 is 1. The molecule has 0 amide bonds. The molecule has 0 aromatic heterocycles. The van der Waals surface area contributed by atoms with E-state index in [1.165, 1.54) is 5.56 Å². The summed E-state index contributed by atoms with van der Waals surface area (Å²) < 4.78 is 6.48. The Morgan fingerprint density at radius 1 is 1.08 bits per heavy atom. The Bertz CT molecular complexity index is 572. The molecule has 1 saturated carbocycles. The minimum Gasteiger partial charge on any atom is -0.469 e. The van der Waals surface area contributed by atoms with Gasteiger partial charge in [0.2, 0.25) is 0 Å². The number of benzene rings is 1. The van der Waals surface area contributed by atoms with E-state index in [-0.39, 0.29) is 11.0 Å². The van der Waals surface area contributed by atoms with Gasteiger partial charge in [-0.3, -0.25) is 4.79 Å². The molecule has 0 unspecified atom stereocenters. The Kier molecular flexibility index (Phi) is 5.71. The molecule has 134 valence electrons. The van der Waals surface area contributed by atoms with E-state index in [1.54, 1.807) is 7.11 Å². The zero-order valence-corrected chi connectivity index (χ0v) is 18.6. The van der Waals surface area contributed by atoms with Crippen LogP contribution in [0.3, 0.4) is 0 Å². The zero-order chi connectivity index (χ0) is 18.3. The summed E-state index contributed by atoms with van der Waals surface area (Å²) >= 11 is 3.51. The van der Waals surface area contributed by atoms with E-state index in [0.29, 0.717) is 22.5 Å². The van der Waals surface area contributed by atoms with Gasteiger partial charge in [-0.15, -0.1) is 0 Å². The molecule has 0 aliphatic heterocycles. The molecule has 0 heterocycles. The van der Waals surface area contributed by atoms with Crippen molar-refractivity contribution in [3.8, 4) is 0 Å². The standard InChI is InChI=1S/C20H31BrO2Si/c1-13(2)24(14(3)4,15(5)6)20(19(22)23-7)12-18(20)16-8-10-17(21)11-9-16/h8-11,13-15,18H,12H2,1-7H3/t18-,20+/m1/s1. The van der Waals surface area contributed by atoms with E-state index in [9.17, 15) is 4.79 Å². The third-order valence-corrected chi connectivity index (χ3v) is 15.0. The summed E-state index contributed by atoms with van der Waals surface area (Å²) in [6.45, 7) is 14.0. The molecule has 4 heteroatoms. The van der Waals surface area contributed by atoms with Crippen molar-refractivity contribution in [2.75, 3.05) is 7.11 Å². The van der Waals surface area contributed by atoms with Gasteiger partial charge in [-0.2, -0.15) is 0 Å². The molecular weight excluding hydrogens is 380 g/mol. The third kappa shape index (κ3) is 2.70. The average molecular weight is 411 g/mol. The molecule has 0 bridgehead atoms. The summed E-state index contributed by atoms with van der Waals surface area (Å²) in [5, 5.41) is -0.286. The quantitative estimate of drug-likeness (QED) is 0.393. The van der Waals surface area contributed by atoms with Crippen molar-refractivity contribution >= 4 is 30.0 Å². The highest BCUT2D eigenvalue weighted by Crippen LogP contribution is 2.77. The summed E-state index contributed by atoms with van der Waals surface area (Å²) in [6.07, 6.45) is 0.946. The van der Waals surface area contributed by atoms with Gasteiger partial charge in [-0.05, 0) is 46.7 Å². The largest absolute Gasteiger partial charge is 0.469 e. The van der Waals surface area contributed by atoms with E-state index in [1.807, 2.05) is 0 Å². The van der Waals surface area contributed by atoms with Crippen LogP contribution >= 0.6 is 15.9 Å². The molecule has 2 nitrogen and oxygen atoms in total. The molecule has 2 rings (SSSR count). The lowest BCUT2D eigenvalue weighted by molar-refractivity contribution is -0.141. The van der Waals surface area contributed by atoms with E-state index in [0.717, 1.165) is 10.9 Å². The van der Waals surface area contributed by atoms with Crippen molar-refractivity contribution in [3.63, 3.8) is 0 Å². The second kappa shape index (κ2) is 6.95. The molecule has 1 aliphatic carbocycles. The predicted octanol–water partition coefficient (Wildman–Crippen LogP) is 6.53. The predicted molar refractivity (Wildman–Crippen MR) is 107 cm³/mol. The Balaban J connectivity index is 2.61. The Morgan fingerprint density at radius 2 is 1.54 bits per heavy atom. The zero-order valence-electron chi connectivity index (χ0n) is 16.0. The van der Waals surface area contributed by atoms with Crippen molar-refractivity contribution in [2.45, 2.75) is 75.5 Å². The van der Waals surface area contributed by atoms with E-state index < -0.39 is 8.07 Å². The van der Waals surface area contributed by atoms with Crippen LogP contribution in [0.4, 0.5) is 0 Å². The second-order valence-corrected chi connectivity index (χ2v) is 15.3. The minimum atomic E-state index is -1.97. The van der Waals surface area contributed by atoms with Crippen molar-refractivity contribution in [2.24, 2.45) is 0 Å². The highest BCUT2D eigenvalue weighted by atomic mass is 79.9. The average Bonchev–Trinajstić information content (AvgIpc) is 3.23. The number of hydrogen-bond acceptors (Lipinski definition) is 2. The van der Waals surface area contributed by atoms with Crippen molar-refractivity contribution < 1.29 is 9.53 Å². The fraction of sp³-hybridized carbons (Fsp3) is 0.650. The fourth-order valence-electron chi connectivity index (χ4n) is 5.97. The molecule has 0 radical (unpaired) electrons. The van der Waals surface area contributed by atoms with Crippen LogP contribution in [0.25, 0.3) is 0 Å². The maximum absolute atomic E-state index is 13.1. The Hall–Kier alpha value is -0.613. The van der Waals surface area contributed by atoms with Gasteiger partial charge in [0.1, 0.15) is 0 Å². The lowest BCUT2D eigenvalue weighted by atomic mass is 10.1. The molecule has 0 spiro atoms. The highest BCUT2D eigenvalue weighted by molar-refractivity contribution is 9.10. The summed E-state index contributed by atoms with van der Waals surface area (Å²) in [5.41, 5.74) is 2.90. The van der Waals surface area contributed by atoms with Crippen LogP contribution in [-0.2, 0) is 9.53 Å². The fourth-order valence-corrected chi connectivity index (χ4v) is 15.1. The first-order valence-electron chi connectivity index (χ1n) is 9.00. The van der Waals surface area contributed by atoms with Crippen LogP contribution in [0, 0.1) is 0 Å². The number of esters is 1. The summed E-state index contributed by atoms with van der Waals surface area (Å²) in [6, 6.07) is 8.50. The summed E-state index contributed by atoms with van der Waals surface area (Å²) in [7, 11) is -0.417. The van der Waals surface area contributed by atoms with E-state index in [2.05, 4.69) is 81.7 Å². The van der Waals surface area contributed by atoms with Gasteiger partial charge in [0.25, 0.3) is 0 Å². The van der Waals surface area contributed by atoms with Gasteiger partial charge in [0, 0.05) is 4.47 Å². The van der Waals surface area contributed by atoms with Gasteiger partial charge in [0.05, 0.1) is 20.2 Å². The molecule has 0 N–H and O–H groups in total. The first-order valence-corrected chi connectivity index (χ1v) is 12.0. The van der Waals surface area contributed by atoms with Crippen LogP contribution in [0.5, 0.6) is 0 Å². The molecule has 1 aromatic rings. The Morgan fingerprint density at radius 3 is 1.92 bits per heavy atom. The lowest BCUT2D eigenvalue weighted by Crippen LogP contribution is -2.53. The molecule has 2 atom stereocenters. The van der Waals surface area contributed by atoms with Gasteiger partial charge >= 0.3 is 5.97 Å². The first kappa shape index (κ1) is 19.7. The van der Waals surface area contributed by atoms with Crippen LogP contribution in [-0.4, -0.2) is 21.2 Å².